The zero-order valence-corrected chi connectivity index (χ0v) is 13.2. The fourth-order valence-corrected chi connectivity index (χ4v) is 2.98. The van der Waals surface area contributed by atoms with Gasteiger partial charge in [-0.1, -0.05) is 32.9 Å². The molecule has 1 aromatic heterocycles. The summed E-state index contributed by atoms with van der Waals surface area (Å²) in [6.45, 7) is 7.55. The topological polar surface area (TPSA) is 48.1 Å². The van der Waals surface area contributed by atoms with E-state index >= 15 is 0 Å². The summed E-state index contributed by atoms with van der Waals surface area (Å²) in [7, 11) is 0. The quantitative estimate of drug-likeness (QED) is 0.878. The van der Waals surface area contributed by atoms with Crippen molar-refractivity contribution in [1.29, 1.82) is 0 Å². The van der Waals surface area contributed by atoms with Crippen molar-refractivity contribution >= 4 is 11.3 Å². The molecule has 0 radical (unpaired) electrons. The predicted octanol–water partition coefficient (Wildman–Crippen LogP) is 3.87. The predicted molar refractivity (Wildman–Crippen MR) is 84.2 cm³/mol. The Morgan fingerprint density at radius 2 is 1.95 bits per heavy atom. The van der Waals surface area contributed by atoms with E-state index in [1.54, 1.807) is 11.3 Å². The zero-order valence-electron chi connectivity index (χ0n) is 12.3. The SMILES string of the molecule is CCc1nc(COc2ccc(C(C)C)cc2)sc1CN. The number of nitrogens with two attached hydrogens (primary N) is 1. The van der Waals surface area contributed by atoms with Crippen molar-refractivity contribution in [3.05, 3.63) is 45.4 Å². The maximum absolute atomic E-state index is 5.79. The summed E-state index contributed by atoms with van der Waals surface area (Å²) in [5, 5.41) is 0.996. The second kappa shape index (κ2) is 6.86. The Kier molecular flexibility index (Phi) is 5.15. The molecule has 3 nitrogen and oxygen atoms in total. The number of benzene rings is 1. The third-order valence-corrected chi connectivity index (χ3v) is 4.35. The number of hydrogen-bond donors (Lipinski definition) is 1. The van der Waals surface area contributed by atoms with Crippen LogP contribution < -0.4 is 10.5 Å². The first-order valence-corrected chi connectivity index (χ1v) is 7.86. The molecule has 0 aliphatic rings. The lowest BCUT2D eigenvalue weighted by Gasteiger charge is -2.07. The van der Waals surface area contributed by atoms with Crippen molar-refractivity contribution < 1.29 is 4.74 Å². The molecule has 0 saturated heterocycles. The monoisotopic (exact) mass is 290 g/mol. The molecule has 0 unspecified atom stereocenters. The highest BCUT2D eigenvalue weighted by atomic mass is 32.1. The van der Waals surface area contributed by atoms with Crippen LogP contribution in [0.4, 0.5) is 0 Å². The Hall–Kier alpha value is -1.39. The van der Waals surface area contributed by atoms with Gasteiger partial charge in [-0.15, -0.1) is 11.3 Å². The molecule has 4 heteroatoms. The van der Waals surface area contributed by atoms with E-state index < -0.39 is 0 Å². The summed E-state index contributed by atoms with van der Waals surface area (Å²) in [5.74, 6) is 1.43. The highest BCUT2D eigenvalue weighted by Crippen LogP contribution is 2.22. The van der Waals surface area contributed by atoms with Crippen molar-refractivity contribution in [3.8, 4) is 5.75 Å². The third kappa shape index (κ3) is 3.58. The molecular weight excluding hydrogens is 268 g/mol. The standard InChI is InChI=1S/C16H22N2OS/c1-4-14-15(9-17)20-16(18-14)10-19-13-7-5-12(6-8-13)11(2)3/h5-8,11H,4,9-10,17H2,1-3H3. The molecule has 0 saturated carbocycles. The number of thiazole rings is 1. The summed E-state index contributed by atoms with van der Waals surface area (Å²) >= 11 is 1.65. The summed E-state index contributed by atoms with van der Waals surface area (Å²) in [4.78, 5) is 5.74. The van der Waals surface area contributed by atoms with Gasteiger partial charge in [0, 0.05) is 11.4 Å². The minimum Gasteiger partial charge on any atom is -0.486 e. The number of aromatic nitrogens is 1. The van der Waals surface area contributed by atoms with Gasteiger partial charge < -0.3 is 10.5 Å². The minimum atomic E-state index is 0.513. The second-order valence-corrected chi connectivity index (χ2v) is 6.22. The van der Waals surface area contributed by atoms with Crippen LogP contribution in [0.2, 0.25) is 0 Å². The molecular formula is C16H22N2OS. The number of ether oxygens (including phenoxy) is 1. The summed E-state index contributed by atoms with van der Waals surface area (Å²) in [6, 6.07) is 8.27. The third-order valence-electron chi connectivity index (χ3n) is 3.25. The van der Waals surface area contributed by atoms with Gasteiger partial charge in [-0.25, -0.2) is 4.98 Å². The molecule has 2 N–H and O–H groups in total. The Balaban J connectivity index is 1.99. The molecule has 0 fully saturated rings. The maximum atomic E-state index is 5.79. The lowest BCUT2D eigenvalue weighted by atomic mass is 10.0. The molecule has 20 heavy (non-hydrogen) atoms. The highest BCUT2D eigenvalue weighted by molar-refractivity contribution is 7.11. The normalized spacial score (nSPS) is 11.1. The van der Waals surface area contributed by atoms with Gasteiger partial charge in [0.2, 0.25) is 0 Å². The average Bonchev–Trinajstić information content (AvgIpc) is 2.88. The molecule has 1 heterocycles. The Morgan fingerprint density at radius 1 is 1.25 bits per heavy atom. The van der Waals surface area contributed by atoms with Crippen LogP contribution in [0.3, 0.4) is 0 Å². The van der Waals surface area contributed by atoms with Gasteiger partial charge in [-0.05, 0) is 30.0 Å². The molecule has 108 valence electrons. The molecule has 0 spiro atoms. The smallest absolute Gasteiger partial charge is 0.140 e. The van der Waals surface area contributed by atoms with E-state index in [9.17, 15) is 0 Å². The van der Waals surface area contributed by atoms with Gasteiger partial charge in [0.15, 0.2) is 0 Å². The van der Waals surface area contributed by atoms with Gasteiger partial charge in [-0.2, -0.15) is 0 Å². The molecule has 1 aromatic carbocycles. The number of hydrogen-bond acceptors (Lipinski definition) is 4. The highest BCUT2D eigenvalue weighted by Gasteiger charge is 2.09. The van der Waals surface area contributed by atoms with Crippen LogP contribution in [0.1, 0.15) is 47.8 Å². The van der Waals surface area contributed by atoms with E-state index in [-0.39, 0.29) is 0 Å². The van der Waals surface area contributed by atoms with Gasteiger partial charge in [0.25, 0.3) is 0 Å². The lowest BCUT2D eigenvalue weighted by molar-refractivity contribution is 0.305. The summed E-state index contributed by atoms with van der Waals surface area (Å²) < 4.78 is 5.79. The molecule has 2 rings (SSSR count). The number of aryl methyl sites for hydroxylation is 1. The van der Waals surface area contributed by atoms with Crippen molar-refractivity contribution in [2.24, 2.45) is 5.73 Å². The number of rotatable bonds is 6. The molecule has 0 aliphatic carbocycles. The van der Waals surface area contributed by atoms with Crippen molar-refractivity contribution in [2.75, 3.05) is 0 Å². The Morgan fingerprint density at radius 3 is 2.45 bits per heavy atom. The summed E-state index contributed by atoms with van der Waals surface area (Å²) in [6.07, 6.45) is 0.923. The zero-order chi connectivity index (χ0) is 14.5. The molecule has 0 aliphatic heterocycles. The fourth-order valence-electron chi connectivity index (χ4n) is 2.03. The van der Waals surface area contributed by atoms with E-state index in [0.717, 1.165) is 22.9 Å². The van der Waals surface area contributed by atoms with Crippen molar-refractivity contribution in [1.82, 2.24) is 4.98 Å². The largest absolute Gasteiger partial charge is 0.486 e. The van der Waals surface area contributed by atoms with Crippen LogP contribution in [0.25, 0.3) is 0 Å². The molecule has 2 aromatic rings. The maximum Gasteiger partial charge on any atom is 0.140 e. The van der Waals surface area contributed by atoms with Gasteiger partial charge in [-0.3, -0.25) is 0 Å². The second-order valence-electron chi connectivity index (χ2n) is 5.05. The molecule has 0 amide bonds. The van der Waals surface area contributed by atoms with Crippen LogP contribution in [0, 0.1) is 0 Å². The fraction of sp³-hybridized carbons (Fsp3) is 0.438. The van der Waals surface area contributed by atoms with E-state index in [2.05, 4.69) is 37.9 Å². The lowest BCUT2D eigenvalue weighted by Crippen LogP contribution is -1.97. The molecule has 0 bridgehead atoms. The Bertz CT molecular complexity index is 525. The minimum absolute atomic E-state index is 0.513. The van der Waals surface area contributed by atoms with E-state index in [0.29, 0.717) is 19.1 Å². The first-order valence-electron chi connectivity index (χ1n) is 7.04. The van der Waals surface area contributed by atoms with E-state index in [1.165, 1.54) is 10.4 Å². The molecule has 0 atom stereocenters. The van der Waals surface area contributed by atoms with E-state index in [4.69, 9.17) is 10.5 Å². The first kappa shape index (κ1) is 15.0. The van der Waals surface area contributed by atoms with Crippen molar-refractivity contribution in [3.63, 3.8) is 0 Å². The van der Waals surface area contributed by atoms with Crippen LogP contribution in [-0.4, -0.2) is 4.98 Å². The Labute approximate surface area is 124 Å². The van der Waals surface area contributed by atoms with Crippen LogP contribution >= 0.6 is 11.3 Å². The summed E-state index contributed by atoms with van der Waals surface area (Å²) in [5.41, 5.74) is 8.15. The van der Waals surface area contributed by atoms with Crippen LogP contribution in [-0.2, 0) is 19.6 Å². The van der Waals surface area contributed by atoms with Gasteiger partial charge >= 0.3 is 0 Å². The average molecular weight is 290 g/mol. The van der Waals surface area contributed by atoms with Crippen molar-refractivity contribution in [2.45, 2.75) is 46.3 Å². The van der Waals surface area contributed by atoms with Gasteiger partial charge in [0.05, 0.1) is 5.69 Å². The first-order chi connectivity index (χ1) is 9.63. The van der Waals surface area contributed by atoms with E-state index in [1.807, 2.05) is 12.1 Å². The van der Waals surface area contributed by atoms with Gasteiger partial charge in [0.1, 0.15) is 17.4 Å². The van der Waals surface area contributed by atoms with Crippen LogP contribution in [0.5, 0.6) is 5.75 Å². The van der Waals surface area contributed by atoms with Crippen LogP contribution in [0.15, 0.2) is 24.3 Å². The number of nitrogens with zero attached hydrogens (tertiary/aromatic N) is 1.